The highest BCUT2D eigenvalue weighted by atomic mass is 19.1. The van der Waals surface area contributed by atoms with Gasteiger partial charge in [-0.15, -0.1) is 0 Å². The lowest BCUT2D eigenvalue weighted by atomic mass is 10.1. The van der Waals surface area contributed by atoms with E-state index in [1.165, 1.54) is 6.07 Å². The van der Waals surface area contributed by atoms with Gasteiger partial charge in [0, 0.05) is 79.8 Å². The molecule has 1 fully saturated rings. The van der Waals surface area contributed by atoms with Crippen molar-refractivity contribution in [1.82, 2.24) is 24.3 Å². The number of nitrogens with zero attached hydrogens (tertiary/aromatic N) is 6. The molecule has 0 aliphatic carbocycles. The van der Waals surface area contributed by atoms with Gasteiger partial charge in [-0.05, 0) is 30.7 Å². The van der Waals surface area contributed by atoms with Crippen molar-refractivity contribution in [3.63, 3.8) is 0 Å². The van der Waals surface area contributed by atoms with Crippen LogP contribution in [-0.4, -0.2) is 63.0 Å². The minimum atomic E-state index is -0.319. The lowest BCUT2D eigenvalue weighted by Crippen LogP contribution is -2.48. The lowest BCUT2D eigenvalue weighted by Gasteiger charge is -2.34. The third kappa shape index (κ3) is 4.51. The molecule has 1 aliphatic rings. The Morgan fingerprint density at radius 1 is 1.09 bits per heavy atom. The normalized spacial score (nSPS) is 14.3. The molecule has 0 spiro atoms. The average Bonchev–Trinajstić information content (AvgIpc) is 3.23. The van der Waals surface area contributed by atoms with E-state index in [4.69, 9.17) is 5.26 Å². The molecule has 176 valence electrons. The summed E-state index contributed by atoms with van der Waals surface area (Å²) in [6.45, 7) is 5.58. The second kappa shape index (κ2) is 9.65. The molecule has 1 amide bonds. The van der Waals surface area contributed by atoms with E-state index in [1.807, 2.05) is 40.8 Å². The van der Waals surface area contributed by atoms with Crippen molar-refractivity contribution in [1.29, 1.82) is 5.26 Å². The quantitative estimate of drug-likeness (QED) is 0.439. The Balaban J connectivity index is 1.41. The Bertz CT molecular complexity index is 1410. The maximum absolute atomic E-state index is 14.1. The molecule has 2 aromatic carbocycles. The van der Waals surface area contributed by atoms with E-state index in [0.717, 1.165) is 36.1 Å². The van der Waals surface area contributed by atoms with E-state index in [0.29, 0.717) is 42.1 Å². The van der Waals surface area contributed by atoms with Gasteiger partial charge in [-0.3, -0.25) is 14.3 Å². The molecule has 4 aromatic rings. The van der Waals surface area contributed by atoms with Crippen molar-refractivity contribution in [3.05, 3.63) is 78.0 Å². The number of hydrogen-bond donors (Lipinski definition) is 0. The summed E-state index contributed by atoms with van der Waals surface area (Å²) >= 11 is 0. The number of fused-ring (bicyclic) bond motifs is 1. The Labute approximate surface area is 203 Å². The van der Waals surface area contributed by atoms with Crippen LogP contribution in [0.4, 0.5) is 4.39 Å². The average molecular weight is 469 g/mol. The van der Waals surface area contributed by atoms with Gasteiger partial charge in [0.05, 0.1) is 11.6 Å². The Hall–Kier alpha value is -4.09. The zero-order valence-electron chi connectivity index (χ0n) is 19.5. The molecule has 3 heterocycles. The number of nitriles is 1. The monoisotopic (exact) mass is 468 g/mol. The predicted octanol–water partition coefficient (Wildman–Crippen LogP) is 4.21. The second-order valence-electron chi connectivity index (χ2n) is 8.71. The Morgan fingerprint density at radius 3 is 2.54 bits per heavy atom. The van der Waals surface area contributed by atoms with E-state index in [1.54, 1.807) is 30.6 Å². The SMILES string of the molecule is Cc1cn(-c2ncc(-c3ccccc3F)cn2)c2cc(C(=O)N3CCN(CCC#N)CC3)ccc12. The molecule has 0 radical (unpaired) electrons. The Kier molecular flexibility index (Phi) is 6.25. The Morgan fingerprint density at radius 2 is 1.83 bits per heavy atom. The number of piperazine rings is 1. The van der Waals surface area contributed by atoms with Gasteiger partial charge in [-0.1, -0.05) is 24.3 Å². The highest BCUT2D eigenvalue weighted by Gasteiger charge is 2.23. The van der Waals surface area contributed by atoms with Crippen LogP contribution in [0.3, 0.4) is 0 Å². The van der Waals surface area contributed by atoms with E-state index in [2.05, 4.69) is 20.9 Å². The molecule has 0 bridgehead atoms. The topological polar surface area (TPSA) is 78.1 Å². The summed E-state index contributed by atoms with van der Waals surface area (Å²) in [4.78, 5) is 26.3. The fraction of sp³-hybridized carbons (Fsp3) is 0.259. The maximum Gasteiger partial charge on any atom is 0.254 e. The number of amides is 1. The van der Waals surface area contributed by atoms with Crippen LogP contribution in [0, 0.1) is 24.1 Å². The lowest BCUT2D eigenvalue weighted by molar-refractivity contribution is 0.0640. The van der Waals surface area contributed by atoms with Crippen molar-refractivity contribution in [2.24, 2.45) is 0 Å². The largest absolute Gasteiger partial charge is 0.336 e. The number of aryl methyl sites for hydroxylation is 1. The van der Waals surface area contributed by atoms with Crippen molar-refractivity contribution >= 4 is 16.8 Å². The third-order valence-corrected chi connectivity index (χ3v) is 6.49. The molecule has 0 N–H and O–H groups in total. The minimum Gasteiger partial charge on any atom is -0.336 e. The van der Waals surface area contributed by atoms with Gasteiger partial charge >= 0.3 is 0 Å². The summed E-state index contributed by atoms with van der Waals surface area (Å²) in [5.74, 6) is 0.132. The van der Waals surface area contributed by atoms with Gasteiger partial charge in [0.15, 0.2) is 0 Å². The fourth-order valence-electron chi connectivity index (χ4n) is 4.54. The van der Waals surface area contributed by atoms with Crippen molar-refractivity contribution in [3.8, 4) is 23.1 Å². The molecule has 2 aromatic heterocycles. The van der Waals surface area contributed by atoms with E-state index in [9.17, 15) is 9.18 Å². The number of carbonyl (C=O) groups is 1. The minimum absolute atomic E-state index is 0.00643. The standard InChI is InChI=1S/C27H25FN6O/c1-19-18-34(27-30-16-21(17-31-27)23-5-2-3-6-24(23)28)25-15-20(7-8-22(19)25)26(35)33-13-11-32(12-14-33)10-4-9-29/h2-3,5-8,15-18H,4,10-14H2,1H3. The molecule has 7 nitrogen and oxygen atoms in total. The summed E-state index contributed by atoms with van der Waals surface area (Å²) < 4.78 is 16.0. The highest BCUT2D eigenvalue weighted by Crippen LogP contribution is 2.26. The van der Waals surface area contributed by atoms with E-state index < -0.39 is 0 Å². The fourth-order valence-corrected chi connectivity index (χ4v) is 4.54. The van der Waals surface area contributed by atoms with E-state index in [-0.39, 0.29) is 11.7 Å². The molecule has 0 saturated carbocycles. The number of rotatable bonds is 5. The number of aromatic nitrogens is 3. The molecule has 0 atom stereocenters. The second-order valence-corrected chi connectivity index (χ2v) is 8.71. The van der Waals surface area contributed by atoms with E-state index >= 15 is 0 Å². The first kappa shape index (κ1) is 22.7. The van der Waals surface area contributed by atoms with Crippen LogP contribution in [0.2, 0.25) is 0 Å². The zero-order chi connectivity index (χ0) is 24.4. The first-order valence-electron chi connectivity index (χ1n) is 11.6. The van der Waals surface area contributed by atoms with Crippen LogP contribution < -0.4 is 0 Å². The molecular formula is C27H25FN6O. The molecule has 0 unspecified atom stereocenters. The summed E-state index contributed by atoms with van der Waals surface area (Å²) in [5, 5.41) is 9.81. The third-order valence-electron chi connectivity index (χ3n) is 6.49. The van der Waals surface area contributed by atoms with Crippen molar-refractivity contribution < 1.29 is 9.18 Å². The molecule has 35 heavy (non-hydrogen) atoms. The maximum atomic E-state index is 14.1. The van der Waals surface area contributed by atoms with Crippen LogP contribution in [0.25, 0.3) is 28.0 Å². The number of benzene rings is 2. The zero-order valence-corrected chi connectivity index (χ0v) is 19.5. The van der Waals surface area contributed by atoms with Gasteiger partial charge in [0.25, 0.3) is 5.91 Å². The van der Waals surface area contributed by atoms with Crippen molar-refractivity contribution in [2.75, 3.05) is 32.7 Å². The van der Waals surface area contributed by atoms with Crippen LogP contribution in [0.15, 0.2) is 61.1 Å². The summed E-state index contributed by atoms with van der Waals surface area (Å²) in [7, 11) is 0. The molecule has 5 rings (SSSR count). The molecule has 1 aliphatic heterocycles. The first-order chi connectivity index (χ1) is 17.0. The number of hydrogen-bond acceptors (Lipinski definition) is 5. The summed E-state index contributed by atoms with van der Waals surface area (Å²) in [6, 6.07) is 14.4. The summed E-state index contributed by atoms with van der Waals surface area (Å²) in [6.07, 6.45) is 5.68. The van der Waals surface area contributed by atoms with Gasteiger partial charge in [-0.2, -0.15) is 5.26 Å². The van der Waals surface area contributed by atoms with Gasteiger partial charge < -0.3 is 4.90 Å². The molecule has 8 heteroatoms. The molecular weight excluding hydrogens is 443 g/mol. The highest BCUT2D eigenvalue weighted by molar-refractivity contribution is 5.99. The smallest absolute Gasteiger partial charge is 0.254 e. The van der Waals surface area contributed by atoms with Gasteiger partial charge in [0.1, 0.15) is 5.82 Å². The van der Waals surface area contributed by atoms with Gasteiger partial charge in [0.2, 0.25) is 5.95 Å². The number of halogens is 1. The predicted molar refractivity (Wildman–Crippen MR) is 132 cm³/mol. The van der Waals surface area contributed by atoms with Crippen molar-refractivity contribution in [2.45, 2.75) is 13.3 Å². The summed E-state index contributed by atoms with van der Waals surface area (Å²) in [5.41, 5.74) is 3.56. The number of carbonyl (C=O) groups excluding carboxylic acids is 1. The molecule has 1 saturated heterocycles. The van der Waals surface area contributed by atoms with Crippen LogP contribution in [-0.2, 0) is 0 Å². The van der Waals surface area contributed by atoms with Crippen LogP contribution in [0.1, 0.15) is 22.3 Å². The first-order valence-corrected chi connectivity index (χ1v) is 11.6. The van der Waals surface area contributed by atoms with Gasteiger partial charge in [-0.25, -0.2) is 14.4 Å². The van der Waals surface area contributed by atoms with Crippen LogP contribution >= 0.6 is 0 Å². The van der Waals surface area contributed by atoms with Crippen LogP contribution in [0.5, 0.6) is 0 Å².